The average Bonchev–Trinajstić information content (AvgIpc) is 3.14. The van der Waals surface area contributed by atoms with Gasteiger partial charge in [-0.05, 0) is 26.7 Å². The highest BCUT2D eigenvalue weighted by molar-refractivity contribution is 6.60. The standard InChI is InChI=1S/C13H28O5Si/c1-5-16-19(17-6-2,18-7-3)11-12(4)8-14-9-13-10-15-13/h12-13H,5-11H2,1-4H3. The Hall–Kier alpha value is 0.0169. The van der Waals surface area contributed by atoms with Crippen LogP contribution in [0.15, 0.2) is 0 Å². The summed E-state index contributed by atoms with van der Waals surface area (Å²) in [4.78, 5) is 0. The molecule has 114 valence electrons. The monoisotopic (exact) mass is 292 g/mol. The van der Waals surface area contributed by atoms with E-state index < -0.39 is 8.80 Å². The van der Waals surface area contributed by atoms with Crippen molar-refractivity contribution in [3.05, 3.63) is 0 Å². The Labute approximate surface area is 117 Å². The maximum Gasteiger partial charge on any atom is 0.501 e. The van der Waals surface area contributed by atoms with Crippen LogP contribution in [0.25, 0.3) is 0 Å². The van der Waals surface area contributed by atoms with Crippen molar-refractivity contribution in [1.29, 1.82) is 0 Å². The highest BCUT2D eigenvalue weighted by Crippen LogP contribution is 2.22. The minimum atomic E-state index is -2.53. The highest BCUT2D eigenvalue weighted by Gasteiger charge is 2.41. The molecule has 2 atom stereocenters. The summed E-state index contributed by atoms with van der Waals surface area (Å²) in [5.41, 5.74) is 0. The first-order chi connectivity index (χ1) is 9.15. The lowest BCUT2D eigenvalue weighted by molar-refractivity contribution is 0.0541. The highest BCUT2D eigenvalue weighted by atomic mass is 28.4. The van der Waals surface area contributed by atoms with E-state index in [9.17, 15) is 0 Å². The van der Waals surface area contributed by atoms with Crippen molar-refractivity contribution >= 4 is 8.80 Å². The molecule has 1 saturated heterocycles. The van der Waals surface area contributed by atoms with E-state index in [1.54, 1.807) is 0 Å². The van der Waals surface area contributed by atoms with Gasteiger partial charge in [0.25, 0.3) is 0 Å². The summed E-state index contributed by atoms with van der Waals surface area (Å²) in [6.45, 7) is 12.2. The topological polar surface area (TPSA) is 49.5 Å². The van der Waals surface area contributed by atoms with Gasteiger partial charge in [-0.3, -0.25) is 0 Å². The maximum absolute atomic E-state index is 5.84. The van der Waals surface area contributed by atoms with Gasteiger partial charge in [-0.2, -0.15) is 0 Å². The van der Waals surface area contributed by atoms with Crippen LogP contribution in [0.5, 0.6) is 0 Å². The SMILES string of the molecule is CCO[Si](CC(C)COCC1CO1)(OCC)OCC. The predicted molar refractivity (Wildman–Crippen MR) is 75.2 cm³/mol. The van der Waals surface area contributed by atoms with E-state index in [4.69, 9.17) is 22.8 Å². The Balaban J connectivity index is 2.37. The van der Waals surface area contributed by atoms with E-state index in [0.717, 1.165) is 12.7 Å². The molecule has 19 heavy (non-hydrogen) atoms. The first-order valence-electron chi connectivity index (χ1n) is 7.27. The van der Waals surface area contributed by atoms with Gasteiger partial charge in [0, 0.05) is 32.5 Å². The third-order valence-corrected chi connectivity index (χ3v) is 6.18. The predicted octanol–water partition coefficient (Wildman–Crippen LogP) is 2.09. The van der Waals surface area contributed by atoms with Gasteiger partial charge in [0.2, 0.25) is 0 Å². The van der Waals surface area contributed by atoms with Crippen LogP contribution in [0.2, 0.25) is 6.04 Å². The van der Waals surface area contributed by atoms with Crippen molar-refractivity contribution < 1.29 is 22.8 Å². The number of ether oxygens (including phenoxy) is 2. The molecular weight excluding hydrogens is 264 g/mol. The summed E-state index contributed by atoms with van der Waals surface area (Å²) in [6, 6.07) is 0.800. The zero-order valence-electron chi connectivity index (χ0n) is 12.6. The Bertz CT molecular complexity index is 218. The van der Waals surface area contributed by atoms with Crippen LogP contribution < -0.4 is 0 Å². The average molecular weight is 292 g/mol. The number of epoxide rings is 1. The van der Waals surface area contributed by atoms with Gasteiger partial charge >= 0.3 is 8.80 Å². The van der Waals surface area contributed by atoms with Gasteiger partial charge in [0.1, 0.15) is 6.10 Å². The molecule has 0 radical (unpaired) electrons. The largest absolute Gasteiger partial charge is 0.501 e. The van der Waals surface area contributed by atoms with E-state index in [0.29, 0.717) is 45.1 Å². The third-order valence-electron chi connectivity index (χ3n) is 2.80. The summed E-state index contributed by atoms with van der Waals surface area (Å²) in [7, 11) is -2.53. The number of hydrogen-bond donors (Lipinski definition) is 0. The molecule has 2 unspecified atom stereocenters. The molecule has 1 fully saturated rings. The molecule has 0 aromatic heterocycles. The Kier molecular flexibility index (Phi) is 8.13. The van der Waals surface area contributed by atoms with E-state index in [1.807, 2.05) is 20.8 Å². The van der Waals surface area contributed by atoms with Crippen molar-refractivity contribution in [1.82, 2.24) is 0 Å². The summed E-state index contributed by atoms with van der Waals surface area (Å²) in [6.07, 6.45) is 0.319. The van der Waals surface area contributed by atoms with E-state index >= 15 is 0 Å². The molecule has 1 aliphatic rings. The van der Waals surface area contributed by atoms with Crippen LogP contribution in [0.3, 0.4) is 0 Å². The van der Waals surface area contributed by atoms with Crippen LogP contribution >= 0.6 is 0 Å². The molecular formula is C13H28O5Si. The second-order valence-electron chi connectivity index (χ2n) is 4.78. The van der Waals surface area contributed by atoms with Gasteiger partial charge in [-0.1, -0.05) is 6.92 Å². The van der Waals surface area contributed by atoms with Crippen LogP contribution in [-0.4, -0.2) is 54.5 Å². The molecule has 6 heteroatoms. The summed E-state index contributed by atoms with van der Waals surface area (Å²) >= 11 is 0. The lowest BCUT2D eigenvalue weighted by Crippen LogP contribution is -2.47. The smallest absolute Gasteiger partial charge is 0.378 e. The quantitative estimate of drug-likeness (QED) is 0.407. The zero-order valence-corrected chi connectivity index (χ0v) is 13.6. The minimum Gasteiger partial charge on any atom is -0.378 e. The molecule has 0 aliphatic carbocycles. The summed E-state index contributed by atoms with van der Waals surface area (Å²) < 4.78 is 28.3. The Morgan fingerprint density at radius 1 is 1.11 bits per heavy atom. The third kappa shape index (κ3) is 6.83. The first kappa shape index (κ1) is 17.1. The molecule has 0 N–H and O–H groups in total. The van der Waals surface area contributed by atoms with Crippen molar-refractivity contribution in [2.24, 2.45) is 5.92 Å². The van der Waals surface area contributed by atoms with Gasteiger partial charge in [0.15, 0.2) is 0 Å². The molecule has 0 bridgehead atoms. The molecule has 0 aromatic rings. The molecule has 5 nitrogen and oxygen atoms in total. The van der Waals surface area contributed by atoms with Crippen LogP contribution in [0, 0.1) is 5.92 Å². The molecule has 1 heterocycles. The minimum absolute atomic E-state index is 0.319. The second-order valence-corrected chi connectivity index (χ2v) is 7.42. The second kappa shape index (κ2) is 9.04. The molecule has 0 saturated carbocycles. The van der Waals surface area contributed by atoms with Crippen molar-refractivity contribution in [3.8, 4) is 0 Å². The summed E-state index contributed by atoms with van der Waals surface area (Å²) in [5.74, 6) is 0.357. The Morgan fingerprint density at radius 2 is 1.63 bits per heavy atom. The zero-order chi connectivity index (χ0) is 14.1. The normalized spacial score (nSPS) is 20.5. The first-order valence-corrected chi connectivity index (χ1v) is 9.20. The lowest BCUT2D eigenvalue weighted by Gasteiger charge is -2.30. The lowest BCUT2D eigenvalue weighted by atomic mass is 10.2. The van der Waals surface area contributed by atoms with Gasteiger partial charge in [-0.15, -0.1) is 0 Å². The van der Waals surface area contributed by atoms with Crippen molar-refractivity contribution in [3.63, 3.8) is 0 Å². The molecule has 0 spiro atoms. The van der Waals surface area contributed by atoms with Crippen molar-refractivity contribution in [2.45, 2.75) is 39.8 Å². The van der Waals surface area contributed by atoms with E-state index in [1.165, 1.54) is 0 Å². The van der Waals surface area contributed by atoms with E-state index in [-0.39, 0.29) is 0 Å². The molecule has 0 aromatic carbocycles. The number of rotatable bonds is 12. The van der Waals surface area contributed by atoms with Gasteiger partial charge in [-0.25, -0.2) is 0 Å². The molecule has 0 amide bonds. The fourth-order valence-corrected chi connectivity index (χ4v) is 4.91. The fourth-order valence-electron chi connectivity index (χ4n) is 2.01. The number of hydrogen-bond acceptors (Lipinski definition) is 5. The van der Waals surface area contributed by atoms with E-state index in [2.05, 4.69) is 6.92 Å². The van der Waals surface area contributed by atoms with Crippen LogP contribution in [0.1, 0.15) is 27.7 Å². The fraction of sp³-hybridized carbons (Fsp3) is 1.00. The maximum atomic E-state index is 5.84. The van der Waals surface area contributed by atoms with Crippen LogP contribution in [0.4, 0.5) is 0 Å². The molecule has 1 rings (SSSR count). The van der Waals surface area contributed by atoms with Gasteiger partial charge < -0.3 is 22.8 Å². The van der Waals surface area contributed by atoms with Crippen LogP contribution in [-0.2, 0) is 22.8 Å². The summed E-state index contributed by atoms with van der Waals surface area (Å²) in [5, 5.41) is 0. The van der Waals surface area contributed by atoms with Gasteiger partial charge in [0.05, 0.1) is 13.2 Å². The Morgan fingerprint density at radius 3 is 2.05 bits per heavy atom. The molecule has 1 aliphatic heterocycles. The van der Waals surface area contributed by atoms with Crippen molar-refractivity contribution in [2.75, 3.05) is 39.6 Å².